The lowest BCUT2D eigenvalue weighted by molar-refractivity contribution is -0.117. The molecule has 0 saturated carbocycles. The number of fused-ring (bicyclic) bond motifs is 1. The van der Waals surface area contributed by atoms with Crippen molar-refractivity contribution in [2.75, 3.05) is 31.9 Å². The highest BCUT2D eigenvalue weighted by atomic mass is 35.5. The molecular weight excluding hydrogens is 284 g/mol. The molecular formula is C13H17ClN2O4. The quantitative estimate of drug-likeness (QED) is 0.876. The standard InChI is InChI=1S/C13H16N2O4.ClH/c16-13(6-10-7-17-4-3-14-10)15-9-1-2-11-12(5-9)19-8-18-11;/h1-2,5,10,14H,3-4,6-8H2,(H,15,16);1H. The molecule has 3 rings (SSSR count). The maximum atomic E-state index is 11.9. The monoisotopic (exact) mass is 300 g/mol. The van der Waals surface area contributed by atoms with Crippen molar-refractivity contribution in [3.05, 3.63) is 18.2 Å². The number of rotatable bonds is 3. The van der Waals surface area contributed by atoms with Crippen LogP contribution in [0.1, 0.15) is 6.42 Å². The van der Waals surface area contributed by atoms with Gasteiger partial charge in [0.1, 0.15) is 0 Å². The van der Waals surface area contributed by atoms with E-state index in [1.54, 1.807) is 18.2 Å². The summed E-state index contributed by atoms with van der Waals surface area (Å²) in [6, 6.07) is 5.45. The van der Waals surface area contributed by atoms with Gasteiger partial charge in [-0.25, -0.2) is 0 Å². The largest absolute Gasteiger partial charge is 0.454 e. The normalized spacial score (nSPS) is 20.1. The van der Waals surface area contributed by atoms with Crippen LogP contribution in [0.3, 0.4) is 0 Å². The number of morpholine rings is 1. The molecule has 1 atom stereocenters. The molecule has 0 bridgehead atoms. The number of amides is 1. The SMILES string of the molecule is Cl.O=C(CC1COCCN1)Nc1ccc2c(c1)OCO2. The van der Waals surface area contributed by atoms with Crippen LogP contribution in [-0.2, 0) is 9.53 Å². The van der Waals surface area contributed by atoms with Gasteiger partial charge in [0.2, 0.25) is 12.7 Å². The summed E-state index contributed by atoms with van der Waals surface area (Å²) in [7, 11) is 0. The highest BCUT2D eigenvalue weighted by molar-refractivity contribution is 5.91. The number of hydrogen-bond donors (Lipinski definition) is 2. The number of carbonyl (C=O) groups is 1. The molecule has 2 aliphatic rings. The topological polar surface area (TPSA) is 68.8 Å². The number of carbonyl (C=O) groups excluding carboxylic acids is 1. The summed E-state index contributed by atoms with van der Waals surface area (Å²) in [5.41, 5.74) is 0.714. The molecule has 1 saturated heterocycles. The molecule has 0 radical (unpaired) electrons. The maximum Gasteiger partial charge on any atom is 0.231 e. The van der Waals surface area contributed by atoms with Crippen molar-refractivity contribution in [3.63, 3.8) is 0 Å². The summed E-state index contributed by atoms with van der Waals surface area (Å²) in [5, 5.41) is 6.10. The van der Waals surface area contributed by atoms with Gasteiger partial charge in [0.15, 0.2) is 11.5 Å². The van der Waals surface area contributed by atoms with Gasteiger partial charge in [-0.2, -0.15) is 0 Å². The van der Waals surface area contributed by atoms with Gasteiger partial charge in [-0.1, -0.05) is 0 Å². The molecule has 20 heavy (non-hydrogen) atoms. The van der Waals surface area contributed by atoms with Crippen molar-refractivity contribution >= 4 is 24.0 Å². The first-order valence-corrected chi connectivity index (χ1v) is 6.32. The molecule has 0 aromatic heterocycles. The summed E-state index contributed by atoms with van der Waals surface area (Å²) in [5.74, 6) is 1.33. The van der Waals surface area contributed by atoms with E-state index in [-0.39, 0.29) is 31.1 Å². The van der Waals surface area contributed by atoms with Gasteiger partial charge >= 0.3 is 0 Å². The molecule has 1 aromatic rings. The van der Waals surface area contributed by atoms with E-state index in [9.17, 15) is 4.79 Å². The Morgan fingerprint density at radius 1 is 1.35 bits per heavy atom. The van der Waals surface area contributed by atoms with Crippen molar-refractivity contribution in [2.45, 2.75) is 12.5 Å². The Balaban J connectivity index is 0.00000147. The molecule has 2 heterocycles. The zero-order valence-corrected chi connectivity index (χ0v) is 11.7. The smallest absolute Gasteiger partial charge is 0.231 e. The van der Waals surface area contributed by atoms with E-state index in [0.29, 0.717) is 36.8 Å². The van der Waals surface area contributed by atoms with Gasteiger partial charge < -0.3 is 24.8 Å². The summed E-state index contributed by atoms with van der Waals surface area (Å²) in [6.45, 7) is 2.31. The molecule has 1 unspecified atom stereocenters. The van der Waals surface area contributed by atoms with E-state index in [1.165, 1.54) is 0 Å². The Bertz CT molecular complexity index is 477. The average molecular weight is 301 g/mol. The van der Waals surface area contributed by atoms with Gasteiger partial charge in [0.05, 0.1) is 13.2 Å². The molecule has 2 N–H and O–H groups in total. The van der Waals surface area contributed by atoms with Crippen LogP contribution in [0, 0.1) is 0 Å². The Morgan fingerprint density at radius 2 is 2.20 bits per heavy atom. The molecule has 0 aliphatic carbocycles. The predicted octanol–water partition coefficient (Wildman–Crippen LogP) is 1.15. The average Bonchev–Trinajstić information content (AvgIpc) is 2.87. The molecule has 1 aromatic carbocycles. The Morgan fingerprint density at radius 3 is 3.00 bits per heavy atom. The fraction of sp³-hybridized carbons (Fsp3) is 0.462. The summed E-state index contributed by atoms with van der Waals surface area (Å²) < 4.78 is 15.8. The number of benzene rings is 1. The number of anilines is 1. The Labute approximate surface area is 123 Å². The van der Waals surface area contributed by atoms with E-state index >= 15 is 0 Å². The lowest BCUT2D eigenvalue weighted by Gasteiger charge is -2.23. The van der Waals surface area contributed by atoms with Crippen LogP contribution in [0.5, 0.6) is 11.5 Å². The highest BCUT2D eigenvalue weighted by Crippen LogP contribution is 2.34. The molecule has 110 valence electrons. The highest BCUT2D eigenvalue weighted by Gasteiger charge is 2.18. The third-order valence-electron chi connectivity index (χ3n) is 3.09. The number of nitrogens with one attached hydrogen (secondary N) is 2. The minimum absolute atomic E-state index is 0. The van der Waals surface area contributed by atoms with Crippen molar-refractivity contribution < 1.29 is 19.0 Å². The van der Waals surface area contributed by atoms with Gasteiger partial charge in [-0.05, 0) is 12.1 Å². The zero-order valence-electron chi connectivity index (χ0n) is 10.9. The second-order valence-corrected chi connectivity index (χ2v) is 4.55. The predicted molar refractivity (Wildman–Crippen MR) is 75.7 cm³/mol. The lowest BCUT2D eigenvalue weighted by atomic mass is 10.2. The lowest BCUT2D eigenvalue weighted by Crippen LogP contribution is -2.43. The molecule has 2 aliphatic heterocycles. The molecule has 1 amide bonds. The number of halogens is 1. The second-order valence-electron chi connectivity index (χ2n) is 4.55. The minimum Gasteiger partial charge on any atom is -0.454 e. The first-order valence-electron chi connectivity index (χ1n) is 6.32. The Hall–Kier alpha value is -1.50. The molecule has 1 fully saturated rings. The van der Waals surface area contributed by atoms with Gasteiger partial charge in [0, 0.05) is 30.8 Å². The first-order chi connectivity index (χ1) is 9.31. The van der Waals surface area contributed by atoms with E-state index in [2.05, 4.69) is 10.6 Å². The van der Waals surface area contributed by atoms with E-state index in [1.807, 2.05) is 0 Å². The maximum absolute atomic E-state index is 11.9. The third-order valence-corrected chi connectivity index (χ3v) is 3.09. The Kier molecular flexibility index (Phi) is 5.05. The fourth-order valence-electron chi connectivity index (χ4n) is 2.16. The molecule has 6 nitrogen and oxygen atoms in total. The molecule has 0 spiro atoms. The van der Waals surface area contributed by atoms with E-state index in [4.69, 9.17) is 14.2 Å². The molecule has 7 heteroatoms. The van der Waals surface area contributed by atoms with Crippen molar-refractivity contribution in [1.82, 2.24) is 5.32 Å². The van der Waals surface area contributed by atoms with E-state index < -0.39 is 0 Å². The van der Waals surface area contributed by atoms with Gasteiger partial charge in [0.25, 0.3) is 0 Å². The van der Waals surface area contributed by atoms with Crippen molar-refractivity contribution in [2.24, 2.45) is 0 Å². The number of ether oxygens (including phenoxy) is 3. The van der Waals surface area contributed by atoms with Crippen LogP contribution in [0.4, 0.5) is 5.69 Å². The van der Waals surface area contributed by atoms with Crippen LogP contribution >= 0.6 is 12.4 Å². The van der Waals surface area contributed by atoms with Crippen LogP contribution < -0.4 is 20.1 Å². The van der Waals surface area contributed by atoms with Crippen molar-refractivity contribution in [3.8, 4) is 11.5 Å². The second kappa shape index (κ2) is 6.78. The van der Waals surface area contributed by atoms with Crippen LogP contribution in [-0.4, -0.2) is 38.5 Å². The van der Waals surface area contributed by atoms with Crippen LogP contribution in [0.25, 0.3) is 0 Å². The van der Waals surface area contributed by atoms with Crippen LogP contribution in [0.15, 0.2) is 18.2 Å². The summed E-state index contributed by atoms with van der Waals surface area (Å²) in [4.78, 5) is 11.9. The van der Waals surface area contributed by atoms with Gasteiger partial charge in [-0.15, -0.1) is 12.4 Å². The van der Waals surface area contributed by atoms with Crippen molar-refractivity contribution in [1.29, 1.82) is 0 Å². The van der Waals surface area contributed by atoms with Crippen LogP contribution in [0.2, 0.25) is 0 Å². The minimum atomic E-state index is -0.0399. The number of hydrogen-bond acceptors (Lipinski definition) is 5. The zero-order chi connectivity index (χ0) is 13.1. The van der Waals surface area contributed by atoms with E-state index in [0.717, 1.165) is 6.54 Å². The summed E-state index contributed by atoms with van der Waals surface area (Å²) >= 11 is 0. The third kappa shape index (κ3) is 3.53. The first kappa shape index (κ1) is 14.9. The van der Waals surface area contributed by atoms with Gasteiger partial charge in [-0.3, -0.25) is 4.79 Å². The fourth-order valence-corrected chi connectivity index (χ4v) is 2.16. The summed E-state index contributed by atoms with van der Waals surface area (Å²) in [6.07, 6.45) is 0.397.